The second-order valence-corrected chi connectivity index (χ2v) is 5.10. The smallest absolute Gasteiger partial charge is 0.308 e. The third kappa shape index (κ3) is 5.37. The zero-order valence-corrected chi connectivity index (χ0v) is 14.1. The maximum atomic E-state index is 11.3. The van der Waals surface area contributed by atoms with E-state index in [1.165, 1.54) is 18.9 Å². The minimum atomic E-state index is -1.02. The fourth-order valence-corrected chi connectivity index (χ4v) is 1.88. The molecule has 0 aromatic heterocycles. The lowest BCUT2D eigenvalue weighted by molar-refractivity contribution is -0.490. The van der Waals surface area contributed by atoms with Gasteiger partial charge in [0.2, 0.25) is 6.54 Å². The van der Waals surface area contributed by atoms with E-state index in [4.69, 9.17) is 26.4 Å². The molecule has 0 spiro atoms. The summed E-state index contributed by atoms with van der Waals surface area (Å²) in [6.07, 6.45) is -1.02. The molecule has 0 saturated heterocycles. The van der Waals surface area contributed by atoms with E-state index in [9.17, 15) is 14.9 Å². The Morgan fingerprint density at radius 3 is 2.57 bits per heavy atom. The summed E-state index contributed by atoms with van der Waals surface area (Å²) in [5.41, 5.74) is 0.306. The van der Waals surface area contributed by atoms with Crippen molar-refractivity contribution in [1.82, 2.24) is 4.90 Å². The number of carbonyl (C=O) groups excluding carboxylic acids is 1. The van der Waals surface area contributed by atoms with Crippen LogP contribution in [0.1, 0.15) is 18.6 Å². The third-order valence-electron chi connectivity index (χ3n) is 2.75. The van der Waals surface area contributed by atoms with Crippen LogP contribution in [-0.2, 0) is 9.53 Å². The van der Waals surface area contributed by atoms with Gasteiger partial charge in [-0.1, -0.05) is 12.1 Å². The first kappa shape index (κ1) is 18.6. The Kier molecular flexibility index (Phi) is 6.70. The summed E-state index contributed by atoms with van der Waals surface area (Å²) in [5, 5.41) is 11.0. The number of nitro groups is 1. The summed E-state index contributed by atoms with van der Waals surface area (Å²) in [7, 11) is 4.72. The summed E-state index contributed by atoms with van der Waals surface area (Å²) < 4.78 is 15.8. The summed E-state index contributed by atoms with van der Waals surface area (Å²) >= 11 is 5.04. The number of benzene rings is 1. The molecule has 0 amide bonds. The largest absolute Gasteiger partial charge is 0.493 e. The third-order valence-corrected chi connectivity index (χ3v) is 3.21. The number of esters is 1. The molecule has 0 bridgehead atoms. The number of carbonyl (C=O) groups is 1. The van der Waals surface area contributed by atoms with E-state index in [2.05, 4.69) is 0 Å². The fourth-order valence-electron chi connectivity index (χ4n) is 1.76. The quantitative estimate of drug-likeness (QED) is 0.254. The van der Waals surface area contributed by atoms with Crippen molar-refractivity contribution in [3.8, 4) is 11.5 Å². The van der Waals surface area contributed by atoms with Crippen molar-refractivity contribution in [1.29, 1.82) is 0 Å². The molecule has 126 valence electrons. The Morgan fingerprint density at radius 2 is 2.09 bits per heavy atom. The molecule has 1 unspecified atom stereocenters. The van der Waals surface area contributed by atoms with Crippen LogP contribution in [0.5, 0.6) is 11.5 Å². The Morgan fingerprint density at radius 1 is 1.43 bits per heavy atom. The van der Waals surface area contributed by atoms with Crippen LogP contribution in [0.2, 0.25) is 0 Å². The topological polar surface area (TPSA) is 91.1 Å². The number of ether oxygens (including phenoxy) is 3. The summed E-state index contributed by atoms with van der Waals surface area (Å²) in [4.78, 5) is 23.3. The van der Waals surface area contributed by atoms with Crippen molar-refractivity contribution >= 4 is 23.4 Å². The molecule has 9 heteroatoms. The van der Waals surface area contributed by atoms with Crippen molar-refractivity contribution in [2.75, 3.05) is 27.7 Å². The number of nitrogens with zero attached hydrogens (tertiary/aromatic N) is 2. The van der Waals surface area contributed by atoms with Crippen LogP contribution >= 0.6 is 12.2 Å². The molecule has 0 aliphatic heterocycles. The minimum Gasteiger partial charge on any atom is -0.493 e. The summed E-state index contributed by atoms with van der Waals surface area (Å²) in [5.74, 6) is -0.230. The number of hydrogen-bond donors (Lipinski definition) is 0. The highest BCUT2D eigenvalue weighted by Gasteiger charge is 2.27. The molecule has 0 saturated carbocycles. The first-order chi connectivity index (χ1) is 10.8. The van der Waals surface area contributed by atoms with E-state index in [-0.39, 0.29) is 16.7 Å². The number of hydrogen-bond acceptors (Lipinski definition) is 7. The highest BCUT2D eigenvalue weighted by atomic mass is 32.1. The highest BCUT2D eigenvalue weighted by Crippen LogP contribution is 2.36. The molecular formula is C14H18N2O6S. The standard InChI is InChI=1S/C14H18N2O6S/c1-9(17)21-13-10(6-5-7-11(13)20-4)12(8-16(18)19)22-14(23)15(2)3/h5-7,12H,8H2,1-4H3. The summed E-state index contributed by atoms with van der Waals surface area (Å²) in [6, 6.07) is 4.76. The lowest BCUT2D eigenvalue weighted by atomic mass is 10.1. The lowest BCUT2D eigenvalue weighted by Crippen LogP contribution is -2.27. The number of thiocarbonyl (C=S) groups is 1. The molecule has 1 aromatic carbocycles. The van der Waals surface area contributed by atoms with E-state index in [1.807, 2.05) is 0 Å². The maximum absolute atomic E-state index is 11.3. The Labute approximate surface area is 139 Å². The molecule has 0 aliphatic carbocycles. The van der Waals surface area contributed by atoms with E-state index in [0.717, 1.165) is 0 Å². The highest BCUT2D eigenvalue weighted by molar-refractivity contribution is 7.80. The first-order valence-electron chi connectivity index (χ1n) is 6.61. The van der Waals surface area contributed by atoms with Gasteiger partial charge in [-0.2, -0.15) is 0 Å². The molecule has 0 N–H and O–H groups in total. The van der Waals surface area contributed by atoms with Crippen LogP contribution in [0.15, 0.2) is 18.2 Å². The van der Waals surface area contributed by atoms with Crippen LogP contribution in [-0.4, -0.2) is 48.7 Å². The van der Waals surface area contributed by atoms with E-state index < -0.39 is 23.5 Å². The van der Waals surface area contributed by atoms with Crippen LogP contribution in [0, 0.1) is 10.1 Å². The van der Waals surface area contributed by atoms with Crippen molar-refractivity contribution < 1.29 is 23.9 Å². The van der Waals surface area contributed by atoms with Gasteiger partial charge in [0.25, 0.3) is 5.17 Å². The van der Waals surface area contributed by atoms with Crippen molar-refractivity contribution in [2.45, 2.75) is 13.0 Å². The Bertz CT molecular complexity index is 605. The van der Waals surface area contributed by atoms with Gasteiger partial charge in [-0.05, 0) is 18.3 Å². The van der Waals surface area contributed by atoms with Gasteiger partial charge in [0.15, 0.2) is 17.6 Å². The van der Waals surface area contributed by atoms with Crippen LogP contribution in [0.25, 0.3) is 0 Å². The van der Waals surface area contributed by atoms with Gasteiger partial charge in [0.05, 0.1) is 7.11 Å². The van der Waals surface area contributed by atoms with Crippen molar-refractivity contribution in [2.24, 2.45) is 0 Å². The van der Waals surface area contributed by atoms with Gasteiger partial charge in [-0.15, -0.1) is 0 Å². The van der Waals surface area contributed by atoms with Crippen molar-refractivity contribution in [3.05, 3.63) is 33.9 Å². The first-order valence-corrected chi connectivity index (χ1v) is 7.02. The predicted molar refractivity (Wildman–Crippen MR) is 86.3 cm³/mol. The number of rotatable bonds is 6. The van der Waals surface area contributed by atoms with Gasteiger partial charge >= 0.3 is 5.97 Å². The Balaban J connectivity index is 3.30. The second kappa shape index (κ2) is 8.28. The monoisotopic (exact) mass is 342 g/mol. The molecule has 0 fully saturated rings. The zero-order chi connectivity index (χ0) is 17.6. The van der Waals surface area contributed by atoms with Gasteiger partial charge < -0.3 is 19.1 Å². The van der Waals surface area contributed by atoms with Crippen LogP contribution < -0.4 is 9.47 Å². The van der Waals surface area contributed by atoms with Gasteiger partial charge in [0, 0.05) is 31.5 Å². The average Bonchev–Trinajstić information content (AvgIpc) is 2.45. The normalized spacial score (nSPS) is 11.3. The molecule has 23 heavy (non-hydrogen) atoms. The van der Waals surface area contributed by atoms with E-state index in [1.54, 1.807) is 32.3 Å². The van der Waals surface area contributed by atoms with Gasteiger partial charge in [0.1, 0.15) is 0 Å². The van der Waals surface area contributed by atoms with Gasteiger partial charge in [-0.3, -0.25) is 14.9 Å². The molecule has 0 heterocycles. The second-order valence-electron chi connectivity index (χ2n) is 4.75. The SMILES string of the molecule is COc1cccc(C(C[N+](=O)[O-])OC(=S)N(C)C)c1OC(C)=O. The average molecular weight is 342 g/mol. The minimum absolute atomic E-state index is 0.0773. The molecule has 0 aliphatic rings. The van der Waals surface area contributed by atoms with Crippen LogP contribution in [0.4, 0.5) is 0 Å². The van der Waals surface area contributed by atoms with E-state index >= 15 is 0 Å². The maximum Gasteiger partial charge on any atom is 0.308 e. The fraction of sp³-hybridized carbons (Fsp3) is 0.429. The van der Waals surface area contributed by atoms with Crippen LogP contribution in [0.3, 0.4) is 0 Å². The zero-order valence-electron chi connectivity index (χ0n) is 13.3. The molecule has 1 atom stereocenters. The number of methoxy groups -OCH3 is 1. The lowest BCUT2D eigenvalue weighted by Gasteiger charge is -2.22. The summed E-state index contributed by atoms with van der Waals surface area (Å²) in [6.45, 7) is 0.680. The Hall–Kier alpha value is -2.42. The molecule has 8 nitrogen and oxygen atoms in total. The van der Waals surface area contributed by atoms with E-state index in [0.29, 0.717) is 5.56 Å². The predicted octanol–water partition coefficient (Wildman–Crippen LogP) is 1.80. The van der Waals surface area contributed by atoms with Gasteiger partial charge in [-0.25, -0.2) is 0 Å². The molecule has 1 rings (SSSR count). The molecule has 0 radical (unpaired) electrons. The molecular weight excluding hydrogens is 324 g/mol. The van der Waals surface area contributed by atoms with Crippen molar-refractivity contribution in [3.63, 3.8) is 0 Å². The number of para-hydroxylation sites is 1. The molecule has 1 aromatic rings.